The Bertz CT molecular complexity index is 154. The average molecular weight is 186 g/mol. The molecule has 0 aromatic heterocycles. The Morgan fingerprint density at radius 3 is 2.00 bits per heavy atom. The maximum Gasteiger partial charge on any atom is 0.250 e. The number of carbonyl (C=O) groups is 1. The van der Waals surface area contributed by atoms with Crippen LogP contribution in [0.3, 0.4) is 0 Å². The molecule has 0 fully saturated rings. The molecule has 0 atom stereocenters. The predicted molar refractivity (Wildman–Crippen MR) is 53.5 cm³/mol. The Morgan fingerprint density at radius 2 is 1.75 bits per heavy atom. The summed E-state index contributed by atoms with van der Waals surface area (Å²) in [5, 5.41) is 0. The molecule has 0 amide bonds. The molecule has 0 aliphatic carbocycles. The number of carbonyl (C=O) groups excluding carboxylic acids is 1. The molecule has 0 rings (SSSR count). The Morgan fingerprint density at radius 1 is 1.33 bits per heavy atom. The Kier molecular flexibility index (Phi) is 4.89. The molecule has 0 aromatic carbocycles. The summed E-state index contributed by atoms with van der Waals surface area (Å²) in [6.45, 7) is 9.91. The van der Waals surface area contributed by atoms with Crippen LogP contribution in [-0.4, -0.2) is 14.6 Å². The lowest BCUT2D eigenvalue weighted by atomic mass is 10.7. The molecule has 0 aliphatic rings. The van der Waals surface area contributed by atoms with Gasteiger partial charge < -0.3 is 4.43 Å². The SMILES string of the molecule is C=C(C=O)O[Si](CC)(CC)CC. The third-order valence-electron chi connectivity index (χ3n) is 2.41. The van der Waals surface area contributed by atoms with E-state index in [4.69, 9.17) is 4.43 Å². The smallest absolute Gasteiger partial charge is 0.250 e. The van der Waals surface area contributed by atoms with Gasteiger partial charge in [-0.3, -0.25) is 4.79 Å². The second-order valence-corrected chi connectivity index (χ2v) is 7.62. The van der Waals surface area contributed by atoms with E-state index in [9.17, 15) is 4.79 Å². The van der Waals surface area contributed by atoms with Gasteiger partial charge in [-0.25, -0.2) is 0 Å². The molecular weight excluding hydrogens is 168 g/mol. The molecule has 3 heteroatoms. The molecule has 0 heterocycles. The van der Waals surface area contributed by atoms with E-state index in [1.54, 1.807) is 0 Å². The van der Waals surface area contributed by atoms with E-state index < -0.39 is 8.32 Å². The first kappa shape index (κ1) is 11.4. The largest absolute Gasteiger partial charge is 0.542 e. The minimum absolute atomic E-state index is 0.298. The zero-order valence-corrected chi connectivity index (χ0v) is 9.22. The molecule has 0 saturated carbocycles. The van der Waals surface area contributed by atoms with Crippen LogP contribution < -0.4 is 0 Å². The van der Waals surface area contributed by atoms with E-state index in [2.05, 4.69) is 27.4 Å². The number of allylic oxidation sites excluding steroid dienone is 1. The van der Waals surface area contributed by atoms with Crippen LogP contribution in [0.25, 0.3) is 0 Å². The molecule has 0 saturated heterocycles. The standard InChI is InChI=1S/C9H18O2Si/c1-5-12(6-2,7-3)11-9(4)8-10/h8H,4-7H2,1-3H3. The van der Waals surface area contributed by atoms with E-state index in [1.807, 2.05) is 0 Å². The van der Waals surface area contributed by atoms with Gasteiger partial charge in [0.05, 0.1) is 0 Å². The third kappa shape index (κ3) is 2.81. The second kappa shape index (κ2) is 5.14. The summed E-state index contributed by atoms with van der Waals surface area (Å²) < 4.78 is 5.61. The first-order valence-corrected chi connectivity index (χ1v) is 7.00. The summed E-state index contributed by atoms with van der Waals surface area (Å²) in [6, 6.07) is 3.15. The first-order chi connectivity index (χ1) is 5.64. The molecular formula is C9H18O2Si. The van der Waals surface area contributed by atoms with Crippen molar-refractivity contribution < 1.29 is 9.22 Å². The van der Waals surface area contributed by atoms with Crippen molar-refractivity contribution in [3.8, 4) is 0 Å². The van der Waals surface area contributed by atoms with Crippen LogP contribution in [0.2, 0.25) is 18.1 Å². The highest BCUT2D eigenvalue weighted by molar-refractivity contribution is 6.73. The molecule has 0 bridgehead atoms. The lowest BCUT2D eigenvalue weighted by Crippen LogP contribution is -2.35. The maximum atomic E-state index is 10.3. The highest BCUT2D eigenvalue weighted by Crippen LogP contribution is 2.23. The number of hydrogen-bond donors (Lipinski definition) is 0. The summed E-state index contributed by atoms with van der Waals surface area (Å²) in [7, 11) is -1.63. The van der Waals surface area contributed by atoms with Crippen LogP contribution in [0.1, 0.15) is 20.8 Å². The van der Waals surface area contributed by atoms with Gasteiger partial charge in [-0.15, -0.1) is 0 Å². The van der Waals surface area contributed by atoms with Gasteiger partial charge in [0.15, 0.2) is 6.29 Å². The van der Waals surface area contributed by atoms with Gasteiger partial charge in [-0.1, -0.05) is 27.4 Å². The zero-order valence-electron chi connectivity index (χ0n) is 8.22. The summed E-state index contributed by atoms with van der Waals surface area (Å²) in [6.07, 6.45) is 0.697. The monoisotopic (exact) mass is 186 g/mol. The summed E-state index contributed by atoms with van der Waals surface area (Å²) in [5.41, 5.74) is 0. The van der Waals surface area contributed by atoms with Crippen LogP contribution in [0.4, 0.5) is 0 Å². The lowest BCUT2D eigenvalue weighted by molar-refractivity contribution is -0.106. The first-order valence-electron chi connectivity index (χ1n) is 4.47. The number of rotatable bonds is 6. The molecule has 0 aliphatic heterocycles. The minimum Gasteiger partial charge on any atom is -0.542 e. The van der Waals surface area contributed by atoms with E-state index in [-0.39, 0.29) is 0 Å². The van der Waals surface area contributed by atoms with Crippen LogP contribution in [-0.2, 0) is 9.22 Å². The van der Waals surface area contributed by atoms with Gasteiger partial charge in [0, 0.05) is 0 Å². The fraction of sp³-hybridized carbons (Fsp3) is 0.667. The fourth-order valence-electron chi connectivity index (χ4n) is 1.27. The second-order valence-electron chi connectivity index (χ2n) is 2.93. The summed E-state index contributed by atoms with van der Waals surface area (Å²) >= 11 is 0. The zero-order chi connectivity index (χ0) is 9.61. The topological polar surface area (TPSA) is 26.3 Å². The number of aldehydes is 1. The predicted octanol–water partition coefficient (Wildman–Crippen LogP) is 2.72. The number of hydrogen-bond acceptors (Lipinski definition) is 2. The fourth-order valence-corrected chi connectivity index (χ4v) is 3.81. The van der Waals surface area contributed by atoms with Crippen molar-refractivity contribution in [1.29, 1.82) is 0 Å². The molecule has 0 aromatic rings. The van der Waals surface area contributed by atoms with Crippen molar-refractivity contribution in [3.05, 3.63) is 12.3 Å². The van der Waals surface area contributed by atoms with Crippen LogP contribution >= 0.6 is 0 Å². The molecule has 0 N–H and O–H groups in total. The van der Waals surface area contributed by atoms with Gasteiger partial charge in [-0.05, 0) is 18.1 Å². The average Bonchev–Trinajstić information content (AvgIpc) is 2.14. The summed E-state index contributed by atoms with van der Waals surface area (Å²) in [5.74, 6) is 0.298. The molecule has 0 spiro atoms. The minimum atomic E-state index is -1.63. The van der Waals surface area contributed by atoms with Crippen molar-refractivity contribution in [3.63, 3.8) is 0 Å². The summed E-state index contributed by atoms with van der Waals surface area (Å²) in [4.78, 5) is 10.3. The molecule has 70 valence electrons. The van der Waals surface area contributed by atoms with E-state index in [0.717, 1.165) is 18.1 Å². The van der Waals surface area contributed by atoms with Gasteiger partial charge in [0.2, 0.25) is 0 Å². The van der Waals surface area contributed by atoms with Crippen molar-refractivity contribution >= 4 is 14.6 Å². The molecule has 12 heavy (non-hydrogen) atoms. The van der Waals surface area contributed by atoms with Crippen LogP contribution in [0.5, 0.6) is 0 Å². The van der Waals surface area contributed by atoms with Crippen molar-refractivity contribution in [2.24, 2.45) is 0 Å². The Hall–Kier alpha value is -0.573. The maximum absolute atomic E-state index is 10.3. The third-order valence-corrected chi connectivity index (χ3v) is 6.97. The molecule has 0 unspecified atom stereocenters. The van der Waals surface area contributed by atoms with Crippen LogP contribution in [0.15, 0.2) is 12.3 Å². The van der Waals surface area contributed by atoms with Crippen molar-refractivity contribution in [1.82, 2.24) is 0 Å². The quantitative estimate of drug-likeness (QED) is 0.276. The van der Waals surface area contributed by atoms with Gasteiger partial charge in [-0.2, -0.15) is 0 Å². The van der Waals surface area contributed by atoms with E-state index >= 15 is 0 Å². The van der Waals surface area contributed by atoms with Gasteiger partial charge >= 0.3 is 0 Å². The Balaban J connectivity index is 4.29. The Labute approximate surface area is 75.7 Å². The molecule has 0 radical (unpaired) electrons. The van der Waals surface area contributed by atoms with Crippen LogP contribution in [0, 0.1) is 0 Å². The van der Waals surface area contributed by atoms with Crippen molar-refractivity contribution in [2.45, 2.75) is 38.9 Å². The van der Waals surface area contributed by atoms with Crippen molar-refractivity contribution in [2.75, 3.05) is 0 Å². The van der Waals surface area contributed by atoms with E-state index in [1.165, 1.54) is 0 Å². The van der Waals surface area contributed by atoms with E-state index in [0.29, 0.717) is 12.0 Å². The normalized spacial score (nSPS) is 10.9. The lowest BCUT2D eigenvalue weighted by Gasteiger charge is -2.28. The highest BCUT2D eigenvalue weighted by Gasteiger charge is 2.30. The highest BCUT2D eigenvalue weighted by atomic mass is 28.4. The van der Waals surface area contributed by atoms with Gasteiger partial charge in [0.1, 0.15) is 5.76 Å². The molecule has 2 nitrogen and oxygen atoms in total. The van der Waals surface area contributed by atoms with Gasteiger partial charge in [0.25, 0.3) is 8.32 Å².